The lowest BCUT2D eigenvalue weighted by Gasteiger charge is -2.13. The predicted molar refractivity (Wildman–Crippen MR) is 76.9 cm³/mol. The molecule has 1 atom stereocenters. The van der Waals surface area contributed by atoms with Crippen LogP contribution in [0.4, 0.5) is 0 Å². The molecule has 4 nitrogen and oxygen atoms in total. The summed E-state index contributed by atoms with van der Waals surface area (Å²) in [7, 11) is 0. The molecule has 2 aromatic carbocycles. The van der Waals surface area contributed by atoms with Gasteiger partial charge in [-0.15, -0.1) is 0 Å². The van der Waals surface area contributed by atoms with Gasteiger partial charge in [0.2, 0.25) is 5.91 Å². The monoisotopic (exact) mass is 291 g/mol. The Labute approximate surface area is 121 Å². The van der Waals surface area contributed by atoms with Gasteiger partial charge in [-0.05, 0) is 42.0 Å². The van der Waals surface area contributed by atoms with E-state index in [4.69, 9.17) is 22.1 Å². The lowest BCUT2D eigenvalue weighted by molar-refractivity contribution is 0.0999. The quantitative estimate of drug-likeness (QED) is 0.889. The molecule has 0 aliphatic heterocycles. The van der Waals surface area contributed by atoms with E-state index in [9.17, 15) is 9.90 Å². The van der Waals surface area contributed by atoms with E-state index in [-0.39, 0.29) is 6.61 Å². The van der Waals surface area contributed by atoms with Gasteiger partial charge in [-0.2, -0.15) is 0 Å². The third kappa shape index (κ3) is 3.73. The van der Waals surface area contributed by atoms with Crippen LogP contribution in [0.3, 0.4) is 0 Å². The number of benzene rings is 2. The van der Waals surface area contributed by atoms with E-state index in [1.54, 1.807) is 48.5 Å². The minimum absolute atomic E-state index is 0.109. The molecule has 0 heterocycles. The summed E-state index contributed by atoms with van der Waals surface area (Å²) in [6.45, 7) is 0.109. The number of aliphatic hydroxyl groups is 1. The molecule has 3 N–H and O–H groups in total. The number of rotatable bonds is 5. The first-order chi connectivity index (χ1) is 9.56. The maximum absolute atomic E-state index is 10.9. The van der Waals surface area contributed by atoms with E-state index < -0.39 is 12.0 Å². The minimum atomic E-state index is -0.747. The van der Waals surface area contributed by atoms with Gasteiger partial charge < -0.3 is 15.6 Å². The van der Waals surface area contributed by atoms with Gasteiger partial charge in [0.1, 0.15) is 18.5 Å². The number of ether oxygens (including phenoxy) is 1. The summed E-state index contributed by atoms with van der Waals surface area (Å²) >= 11 is 5.78. The first-order valence-corrected chi connectivity index (χ1v) is 6.40. The fraction of sp³-hybridized carbons (Fsp3) is 0.133. The van der Waals surface area contributed by atoms with E-state index in [1.807, 2.05) is 0 Å². The topological polar surface area (TPSA) is 72.6 Å². The lowest BCUT2D eigenvalue weighted by atomic mass is 10.1. The Bertz CT molecular complexity index is 581. The zero-order valence-corrected chi connectivity index (χ0v) is 11.4. The number of hydrogen-bond donors (Lipinski definition) is 2. The number of nitrogens with two attached hydrogens (primary N) is 1. The van der Waals surface area contributed by atoms with Gasteiger partial charge in [0.15, 0.2) is 0 Å². The summed E-state index contributed by atoms with van der Waals surface area (Å²) in [4.78, 5) is 10.9. The van der Waals surface area contributed by atoms with Crippen LogP contribution in [-0.2, 0) is 0 Å². The van der Waals surface area contributed by atoms with Crippen LogP contribution < -0.4 is 10.5 Å². The number of carbonyl (C=O) groups excluding carboxylic acids is 1. The van der Waals surface area contributed by atoms with Crippen molar-refractivity contribution in [3.63, 3.8) is 0 Å². The molecule has 20 heavy (non-hydrogen) atoms. The molecule has 5 heteroatoms. The van der Waals surface area contributed by atoms with E-state index in [2.05, 4.69) is 0 Å². The Morgan fingerprint density at radius 1 is 1.15 bits per heavy atom. The van der Waals surface area contributed by atoms with Gasteiger partial charge in [0.25, 0.3) is 0 Å². The molecule has 1 unspecified atom stereocenters. The number of amides is 1. The lowest BCUT2D eigenvalue weighted by Crippen LogP contribution is -2.11. The van der Waals surface area contributed by atoms with Gasteiger partial charge in [-0.25, -0.2) is 0 Å². The van der Waals surface area contributed by atoms with Gasteiger partial charge in [0, 0.05) is 10.6 Å². The van der Waals surface area contributed by atoms with Gasteiger partial charge >= 0.3 is 0 Å². The Morgan fingerprint density at radius 2 is 1.75 bits per heavy atom. The highest BCUT2D eigenvalue weighted by Crippen LogP contribution is 2.19. The Kier molecular flexibility index (Phi) is 4.61. The maximum Gasteiger partial charge on any atom is 0.248 e. The Morgan fingerprint density at radius 3 is 2.30 bits per heavy atom. The highest BCUT2D eigenvalue weighted by molar-refractivity contribution is 6.30. The highest BCUT2D eigenvalue weighted by atomic mass is 35.5. The SMILES string of the molecule is NC(=O)c1ccc(OCC(O)c2ccc(Cl)cc2)cc1. The smallest absolute Gasteiger partial charge is 0.248 e. The Balaban J connectivity index is 1.94. The average Bonchev–Trinajstić information content (AvgIpc) is 2.46. The number of primary amides is 1. The molecule has 0 fully saturated rings. The van der Waals surface area contributed by atoms with Crippen molar-refractivity contribution in [2.45, 2.75) is 6.10 Å². The van der Waals surface area contributed by atoms with Crippen LogP contribution in [0.5, 0.6) is 5.75 Å². The first-order valence-electron chi connectivity index (χ1n) is 6.02. The van der Waals surface area contributed by atoms with Crippen LogP contribution in [0.1, 0.15) is 22.0 Å². The molecule has 0 aliphatic rings. The van der Waals surface area contributed by atoms with Crippen LogP contribution in [0.2, 0.25) is 5.02 Å². The summed E-state index contributed by atoms with van der Waals surface area (Å²) in [6, 6.07) is 13.3. The first kappa shape index (κ1) is 14.4. The summed E-state index contributed by atoms with van der Waals surface area (Å²) in [5.74, 6) is 0.0702. The number of hydrogen-bond acceptors (Lipinski definition) is 3. The molecule has 0 saturated heterocycles. The van der Waals surface area contributed by atoms with Crippen molar-refractivity contribution >= 4 is 17.5 Å². The van der Waals surface area contributed by atoms with Crippen molar-refractivity contribution in [2.24, 2.45) is 5.73 Å². The van der Waals surface area contributed by atoms with Gasteiger partial charge in [-0.3, -0.25) is 4.79 Å². The van der Waals surface area contributed by atoms with E-state index in [1.165, 1.54) is 0 Å². The molecule has 1 amide bonds. The molecule has 2 rings (SSSR count). The highest BCUT2D eigenvalue weighted by Gasteiger charge is 2.08. The predicted octanol–water partition coefficient (Wildman–Crippen LogP) is 2.55. The normalized spacial score (nSPS) is 11.9. The molecule has 0 radical (unpaired) electrons. The second kappa shape index (κ2) is 6.41. The maximum atomic E-state index is 10.9. The molecule has 2 aromatic rings. The van der Waals surface area contributed by atoms with Crippen molar-refractivity contribution < 1.29 is 14.6 Å². The fourth-order valence-corrected chi connectivity index (χ4v) is 1.80. The number of aliphatic hydroxyl groups excluding tert-OH is 1. The fourth-order valence-electron chi connectivity index (χ4n) is 1.67. The number of halogens is 1. The van der Waals surface area contributed by atoms with E-state index in [0.29, 0.717) is 16.3 Å². The molecule has 0 spiro atoms. The molecule has 0 aliphatic carbocycles. The standard InChI is InChI=1S/C15H14ClNO3/c16-12-5-1-10(2-6-12)14(18)9-20-13-7-3-11(4-8-13)15(17)19/h1-8,14,18H,9H2,(H2,17,19). The van der Waals surface area contributed by atoms with Crippen LogP contribution in [0, 0.1) is 0 Å². The largest absolute Gasteiger partial charge is 0.491 e. The van der Waals surface area contributed by atoms with Gasteiger partial charge in [-0.1, -0.05) is 23.7 Å². The second-order valence-electron chi connectivity index (χ2n) is 4.27. The van der Waals surface area contributed by atoms with Crippen LogP contribution >= 0.6 is 11.6 Å². The van der Waals surface area contributed by atoms with E-state index >= 15 is 0 Å². The third-order valence-corrected chi connectivity index (χ3v) is 3.05. The summed E-state index contributed by atoms with van der Waals surface area (Å²) in [5, 5.41) is 10.6. The van der Waals surface area contributed by atoms with Crippen molar-refractivity contribution in [1.82, 2.24) is 0 Å². The molecule has 104 valence electrons. The zero-order chi connectivity index (χ0) is 14.5. The van der Waals surface area contributed by atoms with Crippen LogP contribution in [0.25, 0.3) is 0 Å². The van der Waals surface area contributed by atoms with Crippen LogP contribution in [-0.4, -0.2) is 17.6 Å². The summed E-state index contributed by atoms with van der Waals surface area (Å²) in [5.41, 5.74) is 6.28. The molecule has 0 saturated carbocycles. The Hall–Kier alpha value is -2.04. The third-order valence-electron chi connectivity index (χ3n) is 2.80. The molecular formula is C15H14ClNO3. The van der Waals surface area contributed by atoms with Crippen molar-refractivity contribution in [2.75, 3.05) is 6.61 Å². The molecule has 0 aromatic heterocycles. The second-order valence-corrected chi connectivity index (χ2v) is 4.70. The van der Waals surface area contributed by atoms with Gasteiger partial charge in [0.05, 0.1) is 0 Å². The zero-order valence-electron chi connectivity index (χ0n) is 10.6. The number of carbonyl (C=O) groups is 1. The van der Waals surface area contributed by atoms with E-state index in [0.717, 1.165) is 5.56 Å². The molecular weight excluding hydrogens is 278 g/mol. The average molecular weight is 292 g/mol. The van der Waals surface area contributed by atoms with Crippen molar-refractivity contribution in [3.8, 4) is 5.75 Å². The van der Waals surface area contributed by atoms with Crippen LogP contribution in [0.15, 0.2) is 48.5 Å². The minimum Gasteiger partial charge on any atom is -0.491 e. The molecule has 0 bridgehead atoms. The van der Waals surface area contributed by atoms with Crippen molar-refractivity contribution in [1.29, 1.82) is 0 Å². The summed E-state index contributed by atoms with van der Waals surface area (Å²) < 4.78 is 5.45. The van der Waals surface area contributed by atoms with Crippen molar-refractivity contribution in [3.05, 3.63) is 64.7 Å². The summed E-state index contributed by atoms with van der Waals surface area (Å²) in [6.07, 6.45) is -0.747.